The summed E-state index contributed by atoms with van der Waals surface area (Å²) in [6.45, 7) is 0.235. The molecular weight excluding hydrogens is 277 g/mol. The van der Waals surface area contributed by atoms with Gasteiger partial charge in [-0.15, -0.1) is 0 Å². The van der Waals surface area contributed by atoms with Crippen LogP contribution in [0.2, 0.25) is 5.02 Å². The van der Waals surface area contributed by atoms with Crippen molar-refractivity contribution in [2.45, 2.75) is 6.10 Å². The molecule has 1 fully saturated rings. The Balaban J connectivity index is 2.17. The lowest BCUT2D eigenvalue weighted by Gasteiger charge is -2.31. The molecule has 19 heavy (non-hydrogen) atoms. The van der Waals surface area contributed by atoms with E-state index in [0.717, 1.165) is 6.07 Å². The number of carboxylic acid groups (broad SMARTS) is 1. The van der Waals surface area contributed by atoms with Crippen LogP contribution in [0.25, 0.3) is 0 Å². The number of morpholine rings is 1. The van der Waals surface area contributed by atoms with Crippen LogP contribution in [0, 0.1) is 5.82 Å². The minimum atomic E-state index is -1.14. The molecule has 0 aliphatic carbocycles. The average Bonchev–Trinajstić information content (AvgIpc) is 2.38. The first-order chi connectivity index (χ1) is 8.99. The molecule has 1 saturated heterocycles. The zero-order chi connectivity index (χ0) is 14.0. The molecule has 0 bridgehead atoms. The summed E-state index contributed by atoms with van der Waals surface area (Å²) in [5, 5.41) is 9.04. The van der Waals surface area contributed by atoms with Gasteiger partial charge < -0.3 is 14.7 Å². The first-order valence-electron chi connectivity index (χ1n) is 5.58. The van der Waals surface area contributed by atoms with E-state index in [0.29, 0.717) is 0 Å². The molecule has 1 N–H and O–H groups in total. The molecule has 1 amide bonds. The van der Waals surface area contributed by atoms with Crippen LogP contribution >= 0.6 is 11.6 Å². The van der Waals surface area contributed by atoms with E-state index in [-0.39, 0.29) is 30.3 Å². The second-order valence-corrected chi connectivity index (χ2v) is 4.51. The Bertz CT molecular complexity index is 522. The predicted octanol–water partition coefficient (Wildman–Crippen LogP) is 1.40. The highest BCUT2D eigenvalue weighted by Crippen LogP contribution is 2.17. The summed E-state index contributed by atoms with van der Waals surface area (Å²) in [5.74, 6) is -2.44. The van der Waals surface area contributed by atoms with Crippen molar-refractivity contribution < 1.29 is 23.8 Å². The number of carbonyl (C=O) groups is 2. The molecular formula is C12H11ClFNO4. The number of rotatable bonds is 2. The number of hydrogen-bond acceptors (Lipinski definition) is 3. The van der Waals surface area contributed by atoms with Crippen molar-refractivity contribution in [3.63, 3.8) is 0 Å². The van der Waals surface area contributed by atoms with Crippen LogP contribution < -0.4 is 0 Å². The second-order valence-electron chi connectivity index (χ2n) is 4.07. The highest BCUT2D eigenvalue weighted by molar-refractivity contribution is 6.30. The summed E-state index contributed by atoms with van der Waals surface area (Å²) >= 11 is 5.61. The summed E-state index contributed by atoms with van der Waals surface area (Å²) in [6.07, 6.45) is -1.08. The molecule has 1 aromatic rings. The predicted molar refractivity (Wildman–Crippen MR) is 64.7 cm³/mol. The fraction of sp³-hybridized carbons (Fsp3) is 0.333. The van der Waals surface area contributed by atoms with Crippen LogP contribution in [0.15, 0.2) is 18.2 Å². The summed E-state index contributed by atoms with van der Waals surface area (Å²) in [7, 11) is 0. The molecule has 0 spiro atoms. The SMILES string of the molecule is O=C(O)C1CN(C(=O)c2ccc(Cl)cc2F)CCO1. The third kappa shape index (κ3) is 3.02. The molecule has 1 aliphatic heterocycles. The largest absolute Gasteiger partial charge is 0.479 e. The zero-order valence-corrected chi connectivity index (χ0v) is 10.6. The highest BCUT2D eigenvalue weighted by Gasteiger charge is 2.30. The van der Waals surface area contributed by atoms with Gasteiger partial charge in [-0.3, -0.25) is 4.79 Å². The molecule has 0 aromatic heterocycles. The van der Waals surface area contributed by atoms with Gasteiger partial charge in [-0.1, -0.05) is 11.6 Å². The smallest absolute Gasteiger partial charge is 0.334 e. The molecule has 2 rings (SSSR count). The third-order valence-electron chi connectivity index (χ3n) is 2.79. The summed E-state index contributed by atoms with van der Waals surface area (Å²) < 4.78 is 18.6. The molecule has 1 unspecified atom stereocenters. The van der Waals surface area contributed by atoms with E-state index in [4.69, 9.17) is 21.4 Å². The van der Waals surface area contributed by atoms with Gasteiger partial charge in [0.2, 0.25) is 0 Å². The van der Waals surface area contributed by atoms with Crippen molar-refractivity contribution in [2.24, 2.45) is 0 Å². The van der Waals surface area contributed by atoms with Gasteiger partial charge in [0.05, 0.1) is 18.7 Å². The van der Waals surface area contributed by atoms with Crippen molar-refractivity contribution in [1.29, 1.82) is 0 Å². The first kappa shape index (κ1) is 13.8. The maximum atomic E-state index is 13.6. The van der Waals surface area contributed by atoms with Gasteiger partial charge in [0, 0.05) is 11.6 Å². The number of aliphatic carboxylic acids is 1. The minimum Gasteiger partial charge on any atom is -0.479 e. The van der Waals surface area contributed by atoms with Gasteiger partial charge >= 0.3 is 5.97 Å². The lowest BCUT2D eigenvalue weighted by Crippen LogP contribution is -2.48. The van der Waals surface area contributed by atoms with E-state index < -0.39 is 23.8 Å². The molecule has 1 aromatic carbocycles. The molecule has 5 nitrogen and oxygen atoms in total. The Kier molecular flexibility index (Phi) is 4.01. The normalized spacial score (nSPS) is 19.3. The van der Waals surface area contributed by atoms with Gasteiger partial charge in [0.1, 0.15) is 5.82 Å². The first-order valence-corrected chi connectivity index (χ1v) is 5.95. The number of amides is 1. The molecule has 0 radical (unpaired) electrons. The van der Waals surface area contributed by atoms with Crippen molar-refractivity contribution in [3.8, 4) is 0 Å². The summed E-state index contributed by atoms with van der Waals surface area (Å²) in [5.41, 5.74) is -0.129. The van der Waals surface area contributed by atoms with Gasteiger partial charge in [-0.05, 0) is 18.2 Å². The van der Waals surface area contributed by atoms with Crippen LogP contribution in [0.5, 0.6) is 0 Å². The van der Waals surface area contributed by atoms with Crippen LogP contribution in [0.4, 0.5) is 4.39 Å². The van der Waals surface area contributed by atoms with E-state index in [2.05, 4.69) is 0 Å². The van der Waals surface area contributed by atoms with Crippen molar-refractivity contribution in [1.82, 2.24) is 4.90 Å². The topological polar surface area (TPSA) is 66.8 Å². The monoisotopic (exact) mass is 287 g/mol. The van der Waals surface area contributed by atoms with E-state index >= 15 is 0 Å². The average molecular weight is 288 g/mol. The molecule has 0 saturated carbocycles. The number of ether oxygens (including phenoxy) is 1. The number of benzene rings is 1. The molecule has 1 heterocycles. The third-order valence-corrected chi connectivity index (χ3v) is 3.03. The highest BCUT2D eigenvalue weighted by atomic mass is 35.5. The lowest BCUT2D eigenvalue weighted by molar-refractivity contribution is -0.154. The van der Waals surface area contributed by atoms with Crippen LogP contribution in [-0.2, 0) is 9.53 Å². The number of hydrogen-bond donors (Lipinski definition) is 1. The quantitative estimate of drug-likeness (QED) is 0.893. The number of halogens is 2. The Morgan fingerprint density at radius 2 is 2.21 bits per heavy atom. The molecule has 1 aliphatic rings. The Morgan fingerprint density at radius 1 is 1.47 bits per heavy atom. The van der Waals surface area contributed by atoms with Crippen LogP contribution in [0.3, 0.4) is 0 Å². The fourth-order valence-electron chi connectivity index (χ4n) is 1.82. The van der Waals surface area contributed by atoms with E-state index in [9.17, 15) is 14.0 Å². The van der Waals surface area contributed by atoms with E-state index in [1.807, 2.05) is 0 Å². The fourth-order valence-corrected chi connectivity index (χ4v) is 1.98. The second kappa shape index (κ2) is 5.54. The maximum Gasteiger partial charge on any atom is 0.334 e. The van der Waals surface area contributed by atoms with E-state index in [1.54, 1.807) is 0 Å². The number of carboxylic acids is 1. The van der Waals surface area contributed by atoms with Gasteiger partial charge in [0.25, 0.3) is 5.91 Å². The van der Waals surface area contributed by atoms with Gasteiger partial charge in [-0.25, -0.2) is 9.18 Å². The molecule has 1 atom stereocenters. The van der Waals surface area contributed by atoms with E-state index in [1.165, 1.54) is 17.0 Å². The van der Waals surface area contributed by atoms with Crippen LogP contribution in [-0.4, -0.2) is 47.7 Å². The lowest BCUT2D eigenvalue weighted by atomic mass is 10.1. The van der Waals surface area contributed by atoms with Crippen LogP contribution in [0.1, 0.15) is 10.4 Å². The Morgan fingerprint density at radius 3 is 2.84 bits per heavy atom. The zero-order valence-electron chi connectivity index (χ0n) is 9.81. The van der Waals surface area contributed by atoms with Crippen molar-refractivity contribution in [3.05, 3.63) is 34.6 Å². The standard InChI is InChI=1S/C12H11ClFNO4/c13-7-1-2-8(9(14)5-7)11(16)15-3-4-19-10(6-15)12(17)18/h1-2,5,10H,3-4,6H2,(H,17,18). The Hall–Kier alpha value is -1.66. The number of nitrogens with zero attached hydrogens (tertiary/aromatic N) is 1. The Labute approximate surface area is 113 Å². The van der Waals surface area contributed by atoms with Gasteiger partial charge in [0.15, 0.2) is 6.10 Å². The number of carbonyl (C=O) groups excluding carboxylic acids is 1. The van der Waals surface area contributed by atoms with Crippen molar-refractivity contribution >= 4 is 23.5 Å². The maximum absolute atomic E-state index is 13.6. The molecule has 102 valence electrons. The summed E-state index contributed by atoms with van der Waals surface area (Å²) in [6, 6.07) is 3.74. The molecule has 7 heteroatoms. The minimum absolute atomic E-state index is 0.101. The van der Waals surface area contributed by atoms with Crippen molar-refractivity contribution in [2.75, 3.05) is 19.7 Å². The summed E-state index contributed by atoms with van der Waals surface area (Å²) in [4.78, 5) is 24.2. The van der Waals surface area contributed by atoms with Gasteiger partial charge in [-0.2, -0.15) is 0 Å².